The molecule has 0 N–H and O–H groups in total. The molecular weight excluding hydrogens is 464 g/mol. The molecule has 2 heterocycles. The number of piperidine rings is 1. The van der Waals surface area contributed by atoms with E-state index in [2.05, 4.69) is 76.6 Å². The van der Waals surface area contributed by atoms with Gasteiger partial charge in [0, 0.05) is 36.7 Å². The molecule has 0 spiro atoms. The molecule has 1 amide bonds. The molecule has 32 heavy (non-hydrogen) atoms. The van der Waals surface area contributed by atoms with E-state index in [1.165, 1.54) is 22.0 Å². The van der Waals surface area contributed by atoms with E-state index in [0.29, 0.717) is 5.92 Å². The molecule has 0 bridgehead atoms. The van der Waals surface area contributed by atoms with E-state index in [1.807, 2.05) is 31.7 Å². The summed E-state index contributed by atoms with van der Waals surface area (Å²) in [6.45, 7) is 13.9. The first-order valence-electron chi connectivity index (χ1n) is 11.4. The first-order chi connectivity index (χ1) is 15.2. The van der Waals surface area contributed by atoms with Crippen LogP contribution < -0.4 is 0 Å². The first kappa shape index (κ1) is 24.4. The van der Waals surface area contributed by atoms with Crippen LogP contribution in [0, 0.1) is 0 Å². The van der Waals surface area contributed by atoms with Crippen molar-refractivity contribution >= 4 is 32.9 Å². The van der Waals surface area contributed by atoms with E-state index < -0.39 is 5.60 Å². The molecule has 4 nitrogen and oxygen atoms in total. The lowest BCUT2D eigenvalue weighted by molar-refractivity contribution is 0.0205. The zero-order valence-corrected chi connectivity index (χ0v) is 21.3. The van der Waals surface area contributed by atoms with Crippen LogP contribution in [0.15, 0.2) is 65.3 Å². The highest BCUT2D eigenvalue weighted by Crippen LogP contribution is 2.35. The van der Waals surface area contributed by atoms with Gasteiger partial charge in [0.25, 0.3) is 0 Å². The largest absolute Gasteiger partial charge is 0.444 e. The number of carbonyl (C=O) groups is 1. The summed E-state index contributed by atoms with van der Waals surface area (Å²) >= 11 is 3.58. The van der Waals surface area contributed by atoms with E-state index in [-0.39, 0.29) is 6.09 Å². The van der Waals surface area contributed by atoms with Gasteiger partial charge in [-0.3, -0.25) is 0 Å². The molecule has 0 unspecified atom stereocenters. The van der Waals surface area contributed by atoms with Crippen molar-refractivity contribution in [1.29, 1.82) is 0 Å². The van der Waals surface area contributed by atoms with E-state index >= 15 is 0 Å². The van der Waals surface area contributed by atoms with E-state index in [4.69, 9.17) is 4.74 Å². The number of nitrogens with zero attached hydrogens (tertiary/aromatic N) is 2. The number of fused-ring (bicyclic) bond motifs is 1. The molecule has 1 fully saturated rings. The number of benzene rings is 1. The second-order valence-corrected chi connectivity index (χ2v) is 10.8. The highest BCUT2D eigenvalue weighted by molar-refractivity contribution is 9.11. The first-order valence-corrected chi connectivity index (χ1v) is 12.2. The topological polar surface area (TPSA) is 34.5 Å². The highest BCUT2D eigenvalue weighted by Gasteiger charge is 2.28. The summed E-state index contributed by atoms with van der Waals surface area (Å²) in [6.07, 6.45) is 11.2. The third kappa shape index (κ3) is 6.38. The molecule has 0 aliphatic carbocycles. The predicted octanol–water partition coefficient (Wildman–Crippen LogP) is 7.56. The van der Waals surface area contributed by atoms with Crippen LogP contribution in [0.4, 0.5) is 4.79 Å². The number of likely N-dealkylation sites (tertiary alicyclic amines) is 1. The van der Waals surface area contributed by atoms with Crippen LogP contribution in [0.25, 0.3) is 10.9 Å². The number of allylic oxidation sites excluding steroid dienone is 5. The molecule has 1 aliphatic rings. The Morgan fingerprint density at radius 2 is 1.94 bits per heavy atom. The van der Waals surface area contributed by atoms with Crippen molar-refractivity contribution in [3.8, 4) is 0 Å². The fourth-order valence-electron chi connectivity index (χ4n) is 4.29. The standard InChI is InChI=1S/C27H35BrN2O2/c1-6-7-10-21(17-20(2)28)18-30-19-24(23-11-8-9-12-25(23)30)22-13-15-29(16-14-22)26(31)32-27(3,4)5/h6,8-12,17,19,22H,1,7,13-16,18H2,2-5H3/b20-17+,21-10?. The lowest BCUT2D eigenvalue weighted by Gasteiger charge is -2.33. The van der Waals surface area contributed by atoms with Gasteiger partial charge in [-0.05, 0) is 80.6 Å². The Labute approximate surface area is 200 Å². The Kier molecular flexibility index (Phi) is 8.05. The van der Waals surface area contributed by atoms with Crippen LogP contribution in [0.2, 0.25) is 0 Å². The predicted molar refractivity (Wildman–Crippen MR) is 137 cm³/mol. The molecule has 5 heteroatoms. The van der Waals surface area contributed by atoms with Gasteiger partial charge >= 0.3 is 6.09 Å². The Balaban J connectivity index is 1.81. The van der Waals surface area contributed by atoms with Crippen molar-refractivity contribution in [2.45, 2.75) is 65.0 Å². The molecule has 1 aliphatic heterocycles. The lowest BCUT2D eigenvalue weighted by atomic mass is 9.89. The second kappa shape index (κ2) is 10.6. The van der Waals surface area contributed by atoms with Crippen molar-refractivity contribution in [1.82, 2.24) is 9.47 Å². The van der Waals surface area contributed by atoms with Gasteiger partial charge in [0.05, 0.1) is 0 Å². The van der Waals surface area contributed by atoms with Gasteiger partial charge in [0.2, 0.25) is 0 Å². The molecule has 1 aromatic carbocycles. The fraction of sp³-hybridized carbons (Fsp3) is 0.444. The molecule has 172 valence electrons. The third-order valence-electron chi connectivity index (χ3n) is 5.69. The van der Waals surface area contributed by atoms with Gasteiger partial charge in [0.1, 0.15) is 5.60 Å². The van der Waals surface area contributed by atoms with Crippen LogP contribution in [-0.2, 0) is 11.3 Å². The zero-order valence-electron chi connectivity index (χ0n) is 19.7. The zero-order chi connectivity index (χ0) is 23.3. The Bertz CT molecular complexity index is 1010. The molecular formula is C27H35BrN2O2. The smallest absolute Gasteiger partial charge is 0.410 e. The van der Waals surface area contributed by atoms with Crippen LogP contribution in [-0.4, -0.2) is 34.3 Å². The molecule has 0 radical (unpaired) electrons. The van der Waals surface area contributed by atoms with Crippen molar-refractivity contribution in [2.24, 2.45) is 0 Å². The molecule has 1 saturated heterocycles. The minimum Gasteiger partial charge on any atom is -0.444 e. The molecule has 2 aromatic rings. The summed E-state index contributed by atoms with van der Waals surface area (Å²) in [4.78, 5) is 14.3. The highest BCUT2D eigenvalue weighted by atomic mass is 79.9. The summed E-state index contributed by atoms with van der Waals surface area (Å²) in [6, 6.07) is 8.64. The van der Waals surface area contributed by atoms with Gasteiger partial charge in [-0.2, -0.15) is 0 Å². The average molecular weight is 499 g/mol. The number of para-hydroxylation sites is 1. The van der Waals surface area contributed by atoms with Crippen LogP contribution in [0.1, 0.15) is 58.4 Å². The molecule has 0 atom stereocenters. The molecule has 1 aromatic heterocycles. The minimum atomic E-state index is -0.458. The van der Waals surface area contributed by atoms with Crippen molar-refractivity contribution < 1.29 is 9.53 Å². The van der Waals surface area contributed by atoms with Gasteiger partial charge < -0.3 is 14.2 Å². The average Bonchev–Trinajstić information content (AvgIpc) is 3.09. The lowest BCUT2D eigenvalue weighted by Crippen LogP contribution is -2.41. The second-order valence-electron chi connectivity index (χ2n) is 9.51. The van der Waals surface area contributed by atoms with E-state index in [1.54, 1.807) is 0 Å². The van der Waals surface area contributed by atoms with Gasteiger partial charge in [0.15, 0.2) is 0 Å². The number of hydrogen-bond donors (Lipinski definition) is 0. The fourth-order valence-corrected chi connectivity index (χ4v) is 4.58. The summed E-state index contributed by atoms with van der Waals surface area (Å²) in [5.41, 5.74) is 3.43. The van der Waals surface area contributed by atoms with Gasteiger partial charge in [-0.15, -0.1) is 6.58 Å². The van der Waals surface area contributed by atoms with Crippen LogP contribution >= 0.6 is 15.9 Å². The normalized spacial score (nSPS) is 16.5. The van der Waals surface area contributed by atoms with Crippen LogP contribution in [0.5, 0.6) is 0 Å². The minimum absolute atomic E-state index is 0.202. The number of rotatable bonds is 6. The summed E-state index contributed by atoms with van der Waals surface area (Å²) in [5.74, 6) is 0.439. The Hall–Kier alpha value is -2.27. The number of aromatic nitrogens is 1. The summed E-state index contributed by atoms with van der Waals surface area (Å²) in [5, 5.41) is 1.31. The maximum Gasteiger partial charge on any atom is 0.410 e. The van der Waals surface area contributed by atoms with Crippen molar-refractivity contribution in [3.05, 3.63) is 70.9 Å². The molecule has 3 rings (SSSR count). The third-order valence-corrected chi connectivity index (χ3v) is 5.92. The van der Waals surface area contributed by atoms with Gasteiger partial charge in [-0.1, -0.05) is 46.3 Å². The maximum absolute atomic E-state index is 12.4. The Morgan fingerprint density at radius 3 is 2.56 bits per heavy atom. The van der Waals surface area contributed by atoms with E-state index in [0.717, 1.165) is 43.4 Å². The Morgan fingerprint density at radius 1 is 1.25 bits per heavy atom. The quantitative estimate of drug-likeness (QED) is 0.304. The molecule has 0 saturated carbocycles. The maximum atomic E-state index is 12.4. The number of ether oxygens (including phenoxy) is 1. The van der Waals surface area contributed by atoms with Crippen molar-refractivity contribution in [3.63, 3.8) is 0 Å². The monoisotopic (exact) mass is 498 g/mol. The number of carbonyl (C=O) groups excluding carboxylic acids is 1. The van der Waals surface area contributed by atoms with E-state index in [9.17, 15) is 4.79 Å². The summed E-state index contributed by atoms with van der Waals surface area (Å²) < 4.78 is 9.02. The number of halogens is 1. The van der Waals surface area contributed by atoms with Crippen LogP contribution in [0.3, 0.4) is 0 Å². The number of amides is 1. The SMILES string of the molecule is C=CCC=C(/C=C(\C)Br)Cn1cc(C2CCN(C(=O)OC(C)(C)C)CC2)c2ccccc21. The van der Waals surface area contributed by atoms with Crippen molar-refractivity contribution in [2.75, 3.05) is 13.1 Å². The summed E-state index contributed by atoms with van der Waals surface area (Å²) in [7, 11) is 0. The van der Waals surface area contributed by atoms with Gasteiger partial charge in [-0.25, -0.2) is 4.79 Å². The number of hydrogen-bond acceptors (Lipinski definition) is 2.